The number of nitrogens with one attached hydrogen (secondary N) is 1. The largest absolute Gasteiger partial charge is 0.414 e. The molecule has 0 spiro atoms. The van der Waals surface area contributed by atoms with Crippen molar-refractivity contribution < 1.29 is 13.9 Å². The van der Waals surface area contributed by atoms with Crippen molar-refractivity contribution in [3.05, 3.63) is 43.3 Å². The van der Waals surface area contributed by atoms with Gasteiger partial charge < -0.3 is 13.9 Å². The Labute approximate surface area is 174 Å². The van der Waals surface area contributed by atoms with E-state index in [0.717, 1.165) is 0 Å². The molecule has 1 aromatic heterocycles. The Balaban J connectivity index is 2.19. The number of ether oxygens (including phenoxy) is 2. The predicted octanol–water partition coefficient (Wildman–Crippen LogP) is 3.02. The lowest BCUT2D eigenvalue weighted by Gasteiger charge is -2.37. The van der Waals surface area contributed by atoms with Gasteiger partial charge in [0, 0.05) is 12.6 Å². The molecule has 7 nitrogen and oxygen atoms in total. The Morgan fingerprint density at radius 2 is 2.11 bits per heavy atom. The SMILES string of the molecule is C=CCO[C@@H]1C[C@H](n2cc(I)c(=O)[nH]c2=O)O[C@@H]1CO[Si](C)(C)C(C)(C)C. The van der Waals surface area contributed by atoms with Gasteiger partial charge in [-0.2, -0.15) is 0 Å². The highest BCUT2D eigenvalue weighted by Crippen LogP contribution is 2.38. The van der Waals surface area contributed by atoms with Crippen LogP contribution < -0.4 is 11.2 Å². The lowest BCUT2D eigenvalue weighted by Crippen LogP contribution is -2.44. The number of rotatable bonds is 7. The average molecular weight is 508 g/mol. The molecule has 0 saturated carbocycles. The van der Waals surface area contributed by atoms with E-state index in [4.69, 9.17) is 13.9 Å². The molecule has 1 fully saturated rings. The van der Waals surface area contributed by atoms with Gasteiger partial charge in [0.05, 0.1) is 22.9 Å². The third-order valence-corrected chi connectivity index (χ3v) is 10.5. The predicted molar refractivity (Wildman–Crippen MR) is 116 cm³/mol. The van der Waals surface area contributed by atoms with Crippen LogP contribution in [-0.4, -0.2) is 43.3 Å². The van der Waals surface area contributed by atoms with E-state index in [0.29, 0.717) is 23.2 Å². The van der Waals surface area contributed by atoms with Gasteiger partial charge >= 0.3 is 5.69 Å². The smallest absolute Gasteiger partial charge is 0.330 e. The molecule has 0 bridgehead atoms. The molecule has 0 radical (unpaired) electrons. The molecule has 1 aliphatic rings. The summed E-state index contributed by atoms with van der Waals surface area (Å²) in [6.45, 7) is 15.4. The highest BCUT2D eigenvalue weighted by molar-refractivity contribution is 14.1. The minimum absolute atomic E-state index is 0.0917. The van der Waals surface area contributed by atoms with E-state index in [2.05, 4.69) is 45.4 Å². The van der Waals surface area contributed by atoms with Crippen LogP contribution in [-0.2, 0) is 13.9 Å². The van der Waals surface area contributed by atoms with Crippen LogP contribution in [0, 0.1) is 3.57 Å². The molecule has 2 heterocycles. The Kier molecular flexibility index (Phi) is 7.28. The minimum Gasteiger partial charge on any atom is -0.414 e. The fourth-order valence-electron chi connectivity index (χ4n) is 2.57. The van der Waals surface area contributed by atoms with Crippen LogP contribution in [0.25, 0.3) is 0 Å². The summed E-state index contributed by atoms with van der Waals surface area (Å²) in [5.74, 6) is 0. The standard InChI is InChI=1S/C18H29IN2O5Si/c1-7-8-24-13-9-15(21-10-12(19)16(22)20-17(21)23)26-14(13)11-25-27(5,6)18(2,3)4/h7,10,13-15H,1,8-9,11H2,2-6H3,(H,20,22,23)/t13-,14-,15-/m1/s1. The summed E-state index contributed by atoms with van der Waals surface area (Å²) in [5, 5.41) is 0.0917. The van der Waals surface area contributed by atoms with Gasteiger partial charge in [0.1, 0.15) is 12.3 Å². The van der Waals surface area contributed by atoms with Crippen LogP contribution in [0.3, 0.4) is 0 Å². The molecular formula is C18H29IN2O5Si. The van der Waals surface area contributed by atoms with E-state index >= 15 is 0 Å². The van der Waals surface area contributed by atoms with E-state index in [9.17, 15) is 9.59 Å². The zero-order valence-electron chi connectivity index (χ0n) is 16.6. The Morgan fingerprint density at radius 1 is 1.44 bits per heavy atom. The van der Waals surface area contributed by atoms with Crippen molar-refractivity contribution in [3.63, 3.8) is 0 Å². The topological polar surface area (TPSA) is 82.6 Å². The zero-order valence-corrected chi connectivity index (χ0v) is 19.7. The Hall–Kier alpha value is -0.753. The van der Waals surface area contributed by atoms with Gasteiger partial charge in [0.2, 0.25) is 0 Å². The molecule has 0 amide bonds. The Bertz CT molecular complexity index is 783. The third kappa shape index (κ3) is 5.40. The van der Waals surface area contributed by atoms with E-state index < -0.39 is 25.8 Å². The van der Waals surface area contributed by atoms with Gasteiger partial charge in [-0.25, -0.2) is 4.79 Å². The summed E-state index contributed by atoms with van der Waals surface area (Å²) < 4.78 is 20.1. The number of hydrogen-bond acceptors (Lipinski definition) is 5. The van der Waals surface area contributed by atoms with Crippen molar-refractivity contribution >= 4 is 30.9 Å². The molecule has 9 heteroatoms. The summed E-state index contributed by atoms with van der Waals surface area (Å²) >= 11 is 1.90. The molecule has 27 heavy (non-hydrogen) atoms. The first-order chi connectivity index (χ1) is 12.5. The first-order valence-corrected chi connectivity index (χ1v) is 13.0. The van der Waals surface area contributed by atoms with Gasteiger partial charge in [0.15, 0.2) is 8.32 Å². The fraction of sp³-hybridized carbons (Fsp3) is 0.667. The number of nitrogens with zero attached hydrogens (tertiary/aromatic N) is 1. The molecule has 1 saturated heterocycles. The van der Waals surface area contributed by atoms with E-state index in [1.165, 1.54) is 10.8 Å². The summed E-state index contributed by atoms with van der Waals surface area (Å²) in [6.07, 6.45) is 2.70. The maximum absolute atomic E-state index is 12.2. The molecular weight excluding hydrogens is 479 g/mol. The number of aromatic nitrogens is 2. The highest BCUT2D eigenvalue weighted by Gasteiger charge is 2.42. The maximum Gasteiger partial charge on any atom is 0.330 e. The van der Waals surface area contributed by atoms with Crippen LogP contribution in [0.1, 0.15) is 33.4 Å². The van der Waals surface area contributed by atoms with Crippen LogP contribution in [0.4, 0.5) is 0 Å². The van der Waals surface area contributed by atoms with E-state index in [-0.39, 0.29) is 17.2 Å². The summed E-state index contributed by atoms with van der Waals surface area (Å²) in [7, 11) is -1.93. The molecule has 1 aliphatic heterocycles. The van der Waals surface area contributed by atoms with Crippen molar-refractivity contribution in [1.29, 1.82) is 0 Å². The molecule has 3 atom stereocenters. The first-order valence-electron chi connectivity index (χ1n) is 8.99. The average Bonchev–Trinajstić information content (AvgIpc) is 2.96. The van der Waals surface area contributed by atoms with Crippen LogP contribution in [0.15, 0.2) is 28.4 Å². The van der Waals surface area contributed by atoms with Crippen LogP contribution >= 0.6 is 22.6 Å². The fourth-order valence-corrected chi connectivity index (χ4v) is 4.02. The van der Waals surface area contributed by atoms with E-state index in [1.807, 2.05) is 22.6 Å². The second kappa shape index (κ2) is 8.72. The van der Waals surface area contributed by atoms with Crippen molar-refractivity contribution in [3.8, 4) is 0 Å². The van der Waals surface area contributed by atoms with Crippen molar-refractivity contribution in [2.24, 2.45) is 0 Å². The molecule has 0 aromatic carbocycles. The normalized spacial score (nSPS) is 23.6. The minimum atomic E-state index is -1.93. The van der Waals surface area contributed by atoms with Gasteiger partial charge in [0.25, 0.3) is 5.56 Å². The summed E-state index contributed by atoms with van der Waals surface area (Å²) in [6, 6.07) is 0. The second-order valence-electron chi connectivity index (χ2n) is 8.24. The lowest BCUT2D eigenvalue weighted by molar-refractivity contribution is -0.0557. The lowest BCUT2D eigenvalue weighted by atomic mass is 10.2. The van der Waals surface area contributed by atoms with Gasteiger partial charge in [-0.15, -0.1) is 6.58 Å². The summed E-state index contributed by atoms with van der Waals surface area (Å²) in [4.78, 5) is 26.1. The molecule has 1 N–H and O–H groups in total. The summed E-state index contributed by atoms with van der Waals surface area (Å²) in [5.41, 5.74) is -0.883. The van der Waals surface area contributed by atoms with Gasteiger partial charge in [-0.1, -0.05) is 26.8 Å². The van der Waals surface area contributed by atoms with Crippen molar-refractivity contribution in [2.75, 3.05) is 13.2 Å². The van der Waals surface area contributed by atoms with Crippen LogP contribution in [0.5, 0.6) is 0 Å². The van der Waals surface area contributed by atoms with Crippen molar-refractivity contribution in [1.82, 2.24) is 9.55 Å². The number of H-pyrrole nitrogens is 1. The molecule has 152 valence electrons. The van der Waals surface area contributed by atoms with Crippen LogP contribution in [0.2, 0.25) is 18.1 Å². The monoisotopic (exact) mass is 508 g/mol. The second-order valence-corrected chi connectivity index (χ2v) is 14.2. The number of halogens is 1. The molecule has 0 unspecified atom stereocenters. The number of hydrogen-bond donors (Lipinski definition) is 1. The first kappa shape index (κ1) is 22.5. The quantitative estimate of drug-likeness (QED) is 0.348. The van der Waals surface area contributed by atoms with Gasteiger partial charge in [-0.3, -0.25) is 14.3 Å². The zero-order chi connectivity index (χ0) is 20.4. The van der Waals surface area contributed by atoms with E-state index in [1.54, 1.807) is 6.08 Å². The van der Waals surface area contributed by atoms with Crippen molar-refractivity contribution in [2.45, 2.75) is 63.8 Å². The highest BCUT2D eigenvalue weighted by atomic mass is 127. The number of aromatic amines is 1. The maximum atomic E-state index is 12.2. The molecule has 0 aliphatic carbocycles. The molecule has 2 rings (SSSR count). The Morgan fingerprint density at radius 3 is 2.70 bits per heavy atom. The molecule has 1 aromatic rings. The van der Waals surface area contributed by atoms with Gasteiger partial charge in [-0.05, 0) is 40.7 Å². The third-order valence-electron chi connectivity index (χ3n) is 5.26.